The van der Waals surface area contributed by atoms with Gasteiger partial charge in [-0.2, -0.15) is 0 Å². The van der Waals surface area contributed by atoms with E-state index in [1.165, 1.54) is 12.1 Å². The number of ether oxygens (including phenoxy) is 1. The summed E-state index contributed by atoms with van der Waals surface area (Å²) in [6.45, 7) is 0. The molecule has 0 atom stereocenters. The summed E-state index contributed by atoms with van der Waals surface area (Å²) in [5, 5.41) is 1.85. The first-order valence-electron chi connectivity index (χ1n) is 18.9. The van der Waals surface area contributed by atoms with Gasteiger partial charge in [-0.1, -0.05) is 127 Å². The Hall–Kier alpha value is -7.50. The van der Waals surface area contributed by atoms with Crippen LogP contribution in [0.2, 0.25) is 0 Å². The average molecular weight is 741 g/mol. The molecule has 0 saturated heterocycles. The van der Waals surface area contributed by atoms with E-state index < -0.39 is 0 Å². The number of rotatable bonds is 8. The van der Waals surface area contributed by atoms with Gasteiger partial charge in [0.25, 0.3) is 0 Å². The maximum atomic E-state index is 15.8. The molecule has 57 heavy (non-hydrogen) atoms. The van der Waals surface area contributed by atoms with Gasteiger partial charge in [0, 0.05) is 39.5 Å². The third-order valence-electron chi connectivity index (χ3n) is 10.6. The number of fused-ring (bicyclic) bond motifs is 2. The lowest BCUT2D eigenvalue weighted by Crippen LogP contribution is -2.13. The molecule has 3 nitrogen and oxygen atoms in total. The van der Waals surface area contributed by atoms with Gasteiger partial charge < -0.3 is 14.5 Å². The molecular formula is C52H34F2N2O. The summed E-state index contributed by atoms with van der Waals surface area (Å²) in [7, 11) is 0. The molecule has 9 aromatic rings. The first-order valence-corrected chi connectivity index (χ1v) is 18.9. The number of anilines is 6. The van der Waals surface area contributed by atoms with Gasteiger partial charge in [-0.05, 0) is 101 Å². The van der Waals surface area contributed by atoms with Crippen LogP contribution in [-0.4, -0.2) is 0 Å². The normalized spacial score (nSPS) is 11.5. The highest BCUT2D eigenvalue weighted by Crippen LogP contribution is 2.52. The lowest BCUT2D eigenvalue weighted by atomic mass is 9.92. The lowest BCUT2D eigenvalue weighted by molar-refractivity contribution is 0.487. The first kappa shape index (κ1) is 34.0. The van der Waals surface area contributed by atoms with Crippen molar-refractivity contribution in [3.05, 3.63) is 218 Å². The molecule has 10 rings (SSSR count). The van der Waals surface area contributed by atoms with Crippen molar-refractivity contribution in [1.29, 1.82) is 0 Å². The minimum atomic E-state index is -0.333. The van der Waals surface area contributed by atoms with E-state index in [0.717, 1.165) is 66.9 Å². The molecule has 0 N–H and O–H groups in total. The molecule has 9 aromatic carbocycles. The van der Waals surface area contributed by atoms with Gasteiger partial charge in [0.05, 0.1) is 17.1 Å². The zero-order valence-corrected chi connectivity index (χ0v) is 30.7. The van der Waals surface area contributed by atoms with E-state index in [-0.39, 0.29) is 11.6 Å². The SMILES string of the molecule is Fc1ccccc1N(c1ccc(-c2ccccc2)cc1)c1ccc2c(c1)Oc1cccc3c(N(c4ccc(-c5ccccc5)cc4)c4ccccc4F)ccc-2c13. The maximum Gasteiger partial charge on any atom is 0.147 e. The van der Waals surface area contributed by atoms with Crippen molar-refractivity contribution in [3.8, 4) is 44.9 Å². The molecule has 0 aromatic heterocycles. The number of para-hydroxylation sites is 2. The van der Waals surface area contributed by atoms with E-state index in [1.54, 1.807) is 24.3 Å². The molecule has 0 bridgehead atoms. The first-order chi connectivity index (χ1) is 28.1. The second-order valence-electron chi connectivity index (χ2n) is 14.0. The molecule has 0 aliphatic carbocycles. The van der Waals surface area contributed by atoms with Gasteiger partial charge in [-0.25, -0.2) is 8.78 Å². The third kappa shape index (κ3) is 6.16. The molecule has 1 heterocycles. The quantitative estimate of drug-likeness (QED) is 0.154. The van der Waals surface area contributed by atoms with Gasteiger partial charge in [-0.3, -0.25) is 0 Å². The molecule has 1 aliphatic heterocycles. The van der Waals surface area contributed by atoms with Crippen LogP contribution in [0.4, 0.5) is 42.9 Å². The van der Waals surface area contributed by atoms with Gasteiger partial charge in [0.15, 0.2) is 0 Å². The zero-order chi connectivity index (χ0) is 38.3. The number of hydrogen-bond donors (Lipinski definition) is 0. The molecule has 0 unspecified atom stereocenters. The molecule has 0 radical (unpaired) electrons. The van der Waals surface area contributed by atoms with E-state index >= 15 is 8.78 Å². The van der Waals surface area contributed by atoms with Crippen LogP contribution in [0.5, 0.6) is 11.5 Å². The van der Waals surface area contributed by atoms with Crippen LogP contribution in [-0.2, 0) is 0 Å². The van der Waals surface area contributed by atoms with Crippen LogP contribution < -0.4 is 14.5 Å². The van der Waals surface area contributed by atoms with E-state index in [2.05, 4.69) is 66.7 Å². The van der Waals surface area contributed by atoms with Gasteiger partial charge in [-0.15, -0.1) is 0 Å². The summed E-state index contributed by atoms with van der Waals surface area (Å²) < 4.78 is 38.1. The topological polar surface area (TPSA) is 15.7 Å². The Morgan fingerprint density at radius 1 is 0.333 bits per heavy atom. The Balaban J connectivity index is 1.07. The Morgan fingerprint density at radius 2 is 0.825 bits per heavy atom. The molecule has 272 valence electrons. The van der Waals surface area contributed by atoms with Crippen molar-refractivity contribution in [2.45, 2.75) is 0 Å². The monoisotopic (exact) mass is 740 g/mol. The summed E-state index contributed by atoms with van der Waals surface area (Å²) in [5.41, 5.74) is 10.4. The Morgan fingerprint density at radius 3 is 1.42 bits per heavy atom. The summed E-state index contributed by atoms with van der Waals surface area (Å²) in [4.78, 5) is 3.89. The van der Waals surface area contributed by atoms with Crippen molar-refractivity contribution in [1.82, 2.24) is 0 Å². The fraction of sp³-hybridized carbons (Fsp3) is 0. The molecular weight excluding hydrogens is 707 g/mol. The van der Waals surface area contributed by atoms with Crippen LogP contribution in [0.3, 0.4) is 0 Å². The summed E-state index contributed by atoms with van der Waals surface area (Å²) in [6, 6.07) is 66.6. The predicted molar refractivity (Wildman–Crippen MR) is 230 cm³/mol. The second-order valence-corrected chi connectivity index (χ2v) is 14.0. The molecule has 0 amide bonds. The van der Waals surface area contributed by atoms with E-state index in [4.69, 9.17) is 4.74 Å². The van der Waals surface area contributed by atoms with Crippen LogP contribution in [0.15, 0.2) is 206 Å². The number of benzene rings is 9. The van der Waals surface area contributed by atoms with Crippen molar-refractivity contribution in [2.75, 3.05) is 9.80 Å². The van der Waals surface area contributed by atoms with Crippen molar-refractivity contribution in [2.24, 2.45) is 0 Å². The second kappa shape index (κ2) is 14.3. The van der Waals surface area contributed by atoms with Crippen LogP contribution >= 0.6 is 0 Å². The molecule has 0 saturated carbocycles. The fourth-order valence-corrected chi connectivity index (χ4v) is 7.91. The Labute approximate surface area is 329 Å². The zero-order valence-electron chi connectivity index (χ0n) is 30.7. The van der Waals surface area contributed by atoms with Crippen LogP contribution in [0, 0.1) is 11.6 Å². The highest BCUT2D eigenvalue weighted by atomic mass is 19.1. The van der Waals surface area contributed by atoms with E-state index in [0.29, 0.717) is 22.9 Å². The smallest absolute Gasteiger partial charge is 0.147 e. The number of halogens is 2. The summed E-state index contributed by atoms with van der Waals surface area (Å²) >= 11 is 0. The van der Waals surface area contributed by atoms with Crippen LogP contribution in [0.1, 0.15) is 0 Å². The van der Waals surface area contributed by atoms with Gasteiger partial charge in [0.2, 0.25) is 0 Å². The van der Waals surface area contributed by atoms with E-state index in [9.17, 15) is 0 Å². The largest absolute Gasteiger partial charge is 0.456 e. The average Bonchev–Trinajstić information content (AvgIpc) is 3.27. The van der Waals surface area contributed by atoms with Crippen LogP contribution in [0.25, 0.3) is 44.2 Å². The van der Waals surface area contributed by atoms with Gasteiger partial charge in [0.1, 0.15) is 23.1 Å². The summed E-state index contributed by atoms with van der Waals surface area (Å²) in [6.07, 6.45) is 0. The van der Waals surface area contributed by atoms with Crippen molar-refractivity contribution < 1.29 is 13.5 Å². The Kier molecular flexibility index (Phi) is 8.53. The Bertz CT molecular complexity index is 2900. The molecule has 0 fully saturated rings. The fourth-order valence-electron chi connectivity index (χ4n) is 7.91. The number of hydrogen-bond acceptors (Lipinski definition) is 3. The molecule has 1 aliphatic rings. The highest BCUT2D eigenvalue weighted by Gasteiger charge is 2.27. The minimum Gasteiger partial charge on any atom is -0.456 e. The molecule has 5 heteroatoms. The number of nitrogens with zero attached hydrogens (tertiary/aromatic N) is 2. The third-order valence-corrected chi connectivity index (χ3v) is 10.6. The standard InChI is InChI=1S/C52H34F2N2O/c53-45-17-7-9-19-48(45)55(39-26-22-37(23-27-39)35-12-3-1-4-13-35)41-30-31-42-43-32-33-47(44-16-11-21-50(52(43)44)57-51(42)34-41)56(49-20-10-8-18-46(49)54)40-28-24-38(25-29-40)36-14-5-2-6-15-36/h1-34H. The molecule has 0 spiro atoms. The lowest BCUT2D eigenvalue weighted by Gasteiger charge is -2.30. The van der Waals surface area contributed by atoms with Crippen molar-refractivity contribution in [3.63, 3.8) is 0 Å². The van der Waals surface area contributed by atoms with Gasteiger partial charge >= 0.3 is 0 Å². The van der Waals surface area contributed by atoms with Crippen molar-refractivity contribution >= 4 is 44.9 Å². The highest BCUT2D eigenvalue weighted by molar-refractivity contribution is 6.11. The van der Waals surface area contributed by atoms with E-state index in [1.807, 2.05) is 113 Å². The predicted octanol–water partition coefficient (Wildman–Crippen LogP) is 15.2. The summed E-state index contributed by atoms with van der Waals surface area (Å²) in [5.74, 6) is 0.685. The minimum absolute atomic E-state index is 0.326. The maximum absolute atomic E-state index is 15.8.